The molecule has 1 aliphatic heterocycles. The number of carbonyl (C=O) groups is 1. The summed E-state index contributed by atoms with van der Waals surface area (Å²) in [7, 11) is 0. The maximum absolute atomic E-state index is 13.3. The van der Waals surface area contributed by atoms with Gasteiger partial charge in [0, 0.05) is 48.0 Å². The van der Waals surface area contributed by atoms with Gasteiger partial charge in [-0.25, -0.2) is 9.99 Å². The van der Waals surface area contributed by atoms with Gasteiger partial charge in [0.25, 0.3) is 5.91 Å². The highest BCUT2D eigenvalue weighted by Gasteiger charge is 2.26. The highest BCUT2D eigenvalue weighted by atomic mass is 35.5. The maximum Gasteiger partial charge on any atom is 0.286 e. The number of aliphatic hydroxyl groups excluding tert-OH is 1. The number of hydrogen-bond acceptors (Lipinski definition) is 5. The Morgan fingerprint density at radius 3 is 2.58 bits per heavy atom. The van der Waals surface area contributed by atoms with Crippen LogP contribution in [0.25, 0.3) is 17.1 Å². The van der Waals surface area contributed by atoms with Crippen molar-refractivity contribution in [1.29, 1.82) is 0 Å². The van der Waals surface area contributed by atoms with E-state index in [-0.39, 0.29) is 12.5 Å². The van der Waals surface area contributed by atoms with Crippen molar-refractivity contribution in [2.45, 2.75) is 26.2 Å². The molecule has 2 heterocycles. The molecule has 9 heteroatoms. The van der Waals surface area contributed by atoms with Gasteiger partial charge in [0.2, 0.25) is 0 Å². The Bertz CT molecular complexity index is 1270. The largest absolute Gasteiger partial charge is 0.396 e. The minimum absolute atomic E-state index is 0.130. The Labute approximate surface area is 221 Å². The molecule has 4 rings (SSSR count). The van der Waals surface area contributed by atoms with Gasteiger partial charge in [-0.15, -0.1) is 0 Å². The molecule has 1 aliphatic rings. The molecular formula is C27H28Cl2N4O3. The monoisotopic (exact) mass is 526 g/mol. The van der Waals surface area contributed by atoms with Crippen LogP contribution < -0.4 is 5.43 Å². The smallest absolute Gasteiger partial charge is 0.286 e. The van der Waals surface area contributed by atoms with Crippen LogP contribution in [-0.4, -0.2) is 58.5 Å². The van der Waals surface area contributed by atoms with Gasteiger partial charge >= 0.3 is 0 Å². The van der Waals surface area contributed by atoms with Gasteiger partial charge in [-0.3, -0.25) is 14.8 Å². The summed E-state index contributed by atoms with van der Waals surface area (Å²) >= 11 is 12.7. The number of aromatic nitrogens is 2. The molecule has 0 bridgehead atoms. The summed E-state index contributed by atoms with van der Waals surface area (Å²) in [6, 6.07) is 13.0. The van der Waals surface area contributed by atoms with Gasteiger partial charge in [-0.1, -0.05) is 42.0 Å². The van der Waals surface area contributed by atoms with Crippen LogP contribution in [0.2, 0.25) is 10.0 Å². The number of halogens is 2. The highest BCUT2D eigenvalue weighted by Crippen LogP contribution is 2.33. The first-order valence-corrected chi connectivity index (χ1v) is 12.7. The molecule has 36 heavy (non-hydrogen) atoms. The topological polar surface area (TPSA) is 79.6 Å². The zero-order chi connectivity index (χ0) is 25.5. The van der Waals surface area contributed by atoms with Gasteiger partial charge in [-0.2, -0.15) is 0 Å². The molecule has 7 nitrogen and oxygen atoms in total. The van der Waals surface area contributed by atoms with Gasteiger partial charge in [-0.05, 0) is 55.3 Å². The molecule has 188 valence electrons. The highest BCUT2D eigenvalue weighted by molar-refractivity contribution is 6.36. The molecule has 0 aliphatic carbocycles. The second kappa shape index (κ2) is 12.4. The molecule has 0 unspecified atom stereocenters. The summed E-state index contributed by atoms with van der Waals surface area (Å²) in [6.07, 6.45) is 1.87. The van der Waals surface area contributed by atoms with Crippen molar-refractivity contribution < 1.29 is 14.6 Å². The summed E-state index contributed by atoms with van der Waals surface area (Å²) in [5.41, 5.74) is 6.46. The van der Waals surface area contributed by atoms with Gasteiger partial charge in [0.05, 0.1) is 23.9 Å². The fourth-order valence-corrected chi connectivity index (χ4v) is 4.48. The van der Waals surface area contributed by atoms with E-state index in [1.165, 1.54) is 0 Å². The van der Waals surface area contributed by atoms with Crippen LogP contribution >= 0.6 is 23.2 Å². The Morgan fingerprint density at radius 2 is 1.92 bits per heavy atom. The van der Waals surface area contributed by atoms with Crippen LogP contribution in [0.1, 0.15) is 41.5 Å². The number of nitrogens with one attached hydrogen (secondary N) is 1. The summed E-state index contributed by atoms with van der Waals surface area (Å²) in [5, 5.41) is 11.8. The van der Waals surface area contributed by atoms with E-state index < -0.39 is 0 Å². The quantitative estimate of drug-likeness (QED) is 0.349. The van der Waals surface area contributed by atoms with Crippen LogP contribution in [0.3, 0.4) is 0 Å². The fourth-order valence-electron chi connectivity index (χ4n) is 3.99. The zero-order valence-corrected chi connectivity index (χ0v) is 21.6. The van der Waals surface area contributed by atoms with Crippen LogP contribution in [0, 0.1) is 11.8 Å². The zero-order valence-electron chi connectivity index (χ0n) is 20.1. The molecule has 1 fully saturated rings. The Balaban J connectivity index is 1.76. The Hall–Kier alpha value is -2.86. The lowest BCUT2D eigenvalue weighted by Crippen LogP contribution is -2.48. The molecule has 3 aromatic rings. The lowest BCUT2D eigenvalue weighted by atomic mass is 10.1. The number of morpholine rings is 1. The maximum atomic E-state index is 13.3. The van der Waals surface area contributed by atoms with E-state index in [0.29, 0.717) is 72.7 Å². The molecule has 0 spiro atoms. The van der Waals surface area contributed by atoms with Crippen molar-refractivity contribution >= 4 is 29.1 Å². The molecule has 0 atom stereocenters. The molecule has 2 N–H and O–H groups in total. The second-order valence-electron chi connectivity index (χ2n) is 8.26. The number of rotatable bonds is 7. The molecule has 2 aromatic carbocycles. The third-order valence-electron chi connectivity index (χ3n) is 5.78. The third-order valence-corrected chi connectivity index (χ3v) is 6.33. The number of nitrogens with zero attached hydrogens (tertiary/aromatic N) is 3. The molecular weight excluding hydrogens is 499 g/mol. The molecule has 0 saturated carbocycles. The first-order valence-electron chi connectivity index (χ1n) is 11.9. The van der Waals surface area contributed by atoms with Crippen molar-refractivity contribution in [2.24, 2.45) is 0 Å². The van der Waals surface area contributed by atoms with Crippen LogP contribution in [0.5, 0.6) is 0 Å². The van der Waals surface area contributed by atoms with E-state index in [9.17, 15) is 4.79 Å². The number of unbranched alkanes of at least 4 members (excludes halogenated alkanes) is 1. The standard InChI is InChI=1S/C27H28Cl2N4O3/c1-2-24-25(27(35)31-32-13-16-36-17-14-32)30-26(22-12-9-20(28)18-23(22)29)33(24)21-10-7-19(8-11-21)6-4-3-5-15-34/h7-12,18,34H,2-3,5,13-17H2,1H3,(H,31,35). The molecule has 1 saturated heterocycles. The van der Waals surface area contributed by atoms with E-state index >= 15 is 0 Å². The molecule has 0 radical (unpaired) electrons. The number of benzene rings is 2. The van der Waals surface area contributed by atoms with E-state index in [0.717, 1.165) is 16.9 Å². The predicted octanol–water partition coefficient (Wildman–Crippen LogP) is 4.51. The summed E-state index contributed by atoms with van der Waals surface area (Å²) < 4.78 is 7.35. The van der Waals surface area contributed by atoms with Crippen molar-refractivity contribution in [1.82, 2.24) is 20.0 Å². The molecule has 1 amide bonds. The summed E-state index contributed by atoms with van der Waals surface area (Å²) in [6.45, 7) is 4.49. The van der Waals surface area contributed by atoms with Crippen molar-refractivity contribution in [3.63, 3.8) is 0 Å². The Kier molecular flexibility index (Phi) is 9.03. The first-order chi connectivity index (χ1) is 17.5. The fraction of sp³-hybridized carbons (Fsp3) is 0.333. The van der Waals surface area contributed by atoms with Gasteiger partial charge in [0.1, 0.15) is 5.82 Å². The van der Waals surface area contributed by atoms with E-state index in [2.05, 4.69) is 17.3 Å². The lowest BCUT2D eigenvalue weighted by molar-refractivity contribution is 0.0124. The SMILES string of the molecule is CCc1c(C(=O)NN2CCOCC2)nc(-c2ccc(Cl)cc2Cl)n1-c1ccc(C#CCCCO)cc1. The summed E-state index contributed by atoms with van der Waals surface area (Å²) in [5.74, 6) is 6.47. The minimum atomic E-state index is -0.273. The number of imidazole rings is 1. The number of aliphatic hydroxyl groups is 1. The average Bonchev–Trinajstić information content (AvgIpc) is 3.27. The van der Waals surface area contributed by atoms with Crippen molar-refractivity contribution in [3.05, 3.63) is 69.5 Å². The number of amides is 1. The Morgan fingerprint density at radius 1 is 1.17 bits per heavy atom. The second-order valence-corrected chi connectivity index (χ2v) is 9.10. The van der Waals surface area contributed by atoms with Crippen molar-refractivity contribution in [2.75, 3.05) is 32.9 Å². The normalized spacial score (nSPS) is 13.8. The van der Waals surface area contributed by atoms with Crippen LogP contribution in [-0.2, 0) is 11.2 Å². The number of hydrazine groups is 1. The van der Waals surface area contributed by atoms with E-state index in [1.807, 2.05) is 46.8 Å². The van der Waals surface area contributed by atoms with E-state index in [4.69, 9.17) is 38.0 Å². The van der Waals surface area contributed by atoms with Crippen LogP contribution in [0.4, 0.5) is 0 Å². The summed E-state index contributed by atoms with van der Waals surface area (Å²) in [4.78, 5) is 18.1. The third kappa shape index (κ3) is 6.09. The molecule has 1 aromatic heterocycles. The van der Waals surface area contributed by atoms with Gasteiger partial charge < -0.3 is 9.84 Å². The minimum Gasteiger partial charge on any atom is -0.396 e. The van der Waals surface area contributed by atoms with E-state index in [1.54, 1.807) is 12.1 Å². The predicted molar refractivity (Wildman–Crippen MR) is 141 cm³/mol. The number of carbonyl (C=O) groups excluding carboxylic acids is 1. The average molecular weight is 527 g/mol. The van der Waals surface area contributed by atoms with Gasteiger partial charge in [0.15, 0.2) is 5.69 Å². The van der Waals surface area contributed by atoms with Crippen LogP contribution in [0.15, 0.2) is 42.5 Å². The lowest BCUT2D eigenvalue weighted by Gasteiger charge is -2.26. The van der Waals surface area contributed by atoms with Crippen molar-refractivity contribution in [3.8, 4) is 28.9 Å². The number of hydrogen-bond donors (Lipinski definition) is 2. The number of ether oxygens (including phenoxy) is 1. The first kappa shape index (κ1) is 26.2.